The number of benzene rings is 2. The quantitative estimate of drug-likeness (QED) is 0.417. The number of hydrogen-bond acceptors (Lipinski definition) is 6. The van der Waals surface area contributed by atoms with Gasteiger partial charge in [0.05, 0.1) is 26.1 Å². The summed E-state index contributed by atoms with van der Waals surface area (Å²) in [4.78, 5) is 11.6. The molecule has 7 nitrogen and oxygen atoms in total. The maximum atomic E-state index is 12.3. The SMILES string of the molecule is CCCCCCOc1cc(-c2ccc(CS(=O)(=O)CC(=O)NCCO)cc2)ccc1OC. The Balaban J connectivity index is 2.05. The average molecular weight is 464 g/mol. The van der Waals surface area contributed by atoms with Gasteiger partial charge in [0.25, 0.3) is 0 Å². The zero-order valence-electron chi connectivity index (χ0n) is 18.8. The van der Waals surface area contributed by atoms with Gasteiger partial charge in [0.15, 0.2) is 21.3 Å². The maximum absolute atomic E-state index is 12.3. The molecule has 0 aliphatic heterocycles. The second kappa shape index (κ2) is 13.1. The monoisotopic (exact) mass is 463 g/mol. The number of carbonyl (C=O) groups excluding carboxylic acids is 1. The van der Waals surface area contributed by atoms with Crippen LogP contribution in [-0.4, -0.2) is 52.1 Å². The fourth-order valence-electron chi connectivity index (χ4n) is 3.22. The number of ether oxygens (including phenoxy) is 2. The third-order valence-electron chi connectivity index (χ3n) is 4.88. The molecule has 0 aliphatic rings. The molecule has 0 spiro atoms. The first-order valence-corrected chi connectivity index (χ1v) is 12.7. The smallest absolute Gasteiger partial charge is 0.235 e. The van der Waals surface area contributed by atoms with Crippen molar-refractivity contribution in [3.05, 3.63) is 48.0 Å². The number of unbranched alkanes of at least 4 members (excludes halogenated alkanes) is 3. The molecule has 0 unspecified atom stereocenters. The van der Waals surface area contributed by atoms with Crippen LogP contribution < -0.4 is 14.8 Å². The summed E-state index contributed by atoms with van der Waals surface area (Å²) in [5, 5.41) is 11.1. The predicted molar refractivity (Wildman–Crippen MR) is 126 cm³/mol. The molecular formula is C24H33NO6S. The largest absolute Gasteiger partial charge is 0.493 e. The lowest BCUT2D eigenvalue weighted by Crippen LogP contribution is -2.32. The Morgan fingerprint density at radius 3 is 2.38 bits per heavy atom. The van der Waals surface area contributed by atoms with E-state index in [2.05, 4.69) is 12.2 Å². The Kier molecular flexibility index (Phi) is 10.5. The Morgan fingerprint density at radius 2 is 1.72 bits per heavy atom. The van der Waals surface area contributed by atoms with Crippen molar-refractivity contribution >= 4 is 15.7 Å². The zero-order chi connectivity index (χ0) is 23.4. The van der Waals surface area contributed by atoms with Crippen LogP contribution in [0.15, 0.2) is 42.5 Å². The fraction of sp³-hybridized carbons (Fsp3) is 0.458. The topological polar surface area (TPSA) is 102 Å². The number of hydrogen-bond donors (Lipinski definition) is 2. The summed E-state index contributed by atoms with van der Waals surface area (Å²) < 4.78 is 35.9. The second-order valence-electron chi connectivity index (χ2n) is 7.58. The van der Waals surface area contributed by atoms with Crippen LogP contribution in [0.4, 0.5) is 0 Å². The van der Waals surface area contributed by atoms with Crippen molar-refractivity contribution in [1.82, 2.24) is 5.32 Å². The highest BCUT2D eigenvalue weighted by atomic mass is 32.2. The number of amides is 1. The minimum atomic E-state index is -3.60. The molecule has 0 fully saturated rings. The van der Waals surface area contributed by atoms with Crippen molar-refractivity contribution < 1.29 is 27.8 Å². The third kappa shape index (κ3) is 8.51. The van der Waals surface area contributed by atoms with Crippen LogP contribution >= 0.6 is 0 Å². The molecule has 0 aliphatic carbocycles. The molecule has 2 aromatic carbocycles. The van der Waals surface area contributed by atoms with Crippen LogP contribution in [0, 0.1) is 0 Å². The van der Waals surface area contributed by atoms with Gasteiger partial charge in [0.1, 0.15) is 5.75 Å². The van der Waals surface area contributed by atoms with Gasteiger partial charge in [-0.2, -0.15) is 0 Å². The van der Waals surface area contributed by atoms with Gasteiger partial charge in [-0.3, -0.25) is 4.79 Å². The Hall–Kier alpha value is -2.58. The normalized spacial score (nSPS) is 11.2. The number of carbonyl (C=O) groups is 1. The highest BCUT2D eigenvalue weighted by Crippen LogP contribution is 2.33. The molecule has 2 aromatic rings. The third-order valence-corrected chi connectivity index (χ3v) is 6.35. The molecule has 0 saturated heterocycles. The lowest BCUT2D eigenvalue weighted by molar-refractivity contribution is -0.118. The lowest BCUT2D eigenvalue weighted by Gasteiger charge is -2.13. The van der Waals surface area contributed by atoms with Crippen molar-refractivity contribution in [2.24, 2.45) is 0 Å². The van der Waals surface area contributed by atoms with Crippen molar-refractivity contribution in [2.75, 3.05) is 32.6 Å². The average Bonchev–Trinajstić information content (AvgIpc) is 2.77. The van der Waals surface area contributed by atoms with E-state index in [1.165, 1.54) is 12.8 Å². The summed E-state index contributed by atoms with van der Waals surface area (Å²) in [5.41, 5.74) is 2.46. The molecule has 0 saturated carbocycles. The molecule has 0 aromatic heterocycles. The van der Waals surface area contributed by atoms with Crippen molar-refractivity contribution in [3.8, 4) is 22.6 Å². The predicted octanol–water partition coefficient (Wildman–Crippen LogP) is 3.34. The van der Waals surface area contributed by atoms with Gasteiger partial charge in [-0.25, -0.2) is 8.42 Å². The van der Waals surface area contributed by atoms with E-state index in [0.717, 1.165) is 24.0 Å². The summed E-state index contributed by atoms with van der Waals surface area (Å²) in [7, 11) is -2.00. The van der Waals surface area contributed by atoms with Crippen LogP contribution in [0.2, 0.25) is 0 Å². The number of aliphatic hydroxyl groups is 1. The van der Waals surface area contributed by atoms with E-state index in [9.17, 15) is 13.2 Å². The van der Waals surface area contributed by atoms with Gasteiger partial charge in [-0.05, 0) is 35.2 Å². The Labute approximate surface area is 190 Å². The lowest BCUT2D eigenvalue weighted by atomic mass is 10.0. The highest BCUT2D eigenvalue weighted by molar-refractivity contribution is 7.91. The van der Waals surface area contributed by atoms with Gasteiger partial charge in [0.2, 0.25) is 5.91 Å². The molecule has 1 amide bonds. The molecular weight excluding hydrogens is 430 g/mol. The van der Waals surface area contributed by atoms with Gasteiger partial charge in [-0.15, -0.1) is 0 Å². The minimum Gasteiger partial charge on any atom is -0.493 e. The number of rotatable bonds is 14. The Morgan fingerprint density at radius 1 is 1.00 bits per heavy atom. The summed E-state index contributed by atoms with van der Waals surface area (Å²) in [6, 6.07) is 12.9. The van der Waals surface area contributed by atoms with Crippen LogP contribution in [0.5, 0.6) is 11.5 Å². The number of methoxy groups -OCH3 is 1. The molecule has 32 heavy (non-hydrogen) atoms. The molecule has 2 rings (SSSR count). The molecule has 176 valence electrons. The fourth-order valence-corrected chi connectivity index (χ4v) is 4.53. The summed E-state index contributed by atoms with van der Waals surface area (Å²) >= 11 is 0. The molecule has 0 bridgehead atoms. The van der Waals surface area contributed by atoms with Gasteiger partial charge >= 0.3 is 0 Å². The first kappa shape index (κ1) is 25.7. The van der Waals surface area contributed by atoms with Gasteiger partial charge in [-0.1, -0.05) is 56.5 Å². The zero-order valence-corrected chi connectivity index (χ0v) is 19.6. The van der Waals surface area contributed by atoms with E-state index in [-0.39, 0.29) is 18.9 Å². The van der Waals surface area contributed by atoms with E-state index in [1.807, 2.05) is 30.3 Å². The van der Waals surface area contributed by atoms with Crippen LogP contribution in [0.1, 0.15) is 38.2 Å². The van der Waals surface area contributed by atoms with Gasteiger partial charge < -0.3 is 19.9 Å². The molecule has 8 heteroatoms. The summed E-state index contributed by atoms with van der Waals surface area (Å²) in [5.74, 6) is -0.0922. The summed E-state index contributed by atoms with van der Waals surface area (Å²) in [6.45, 7) is 2.60. The maximum Gasteiger partial charge on any atom is 0.235 e. The van der Waals surface area contributed by atoms with Crippen LogP contribution in [0.3, 0.4) is 0 Å². The van der Waals surface area contributed by atoms with Crippen molar-refractivity contribution in [3.63, 3.8) is 0 Å². The molecule has 0 radical (unpaired) electrons. The van der Waals surface area contributed by atoms with Crippen molar-refractivity contribution in [1.29, 1.82) is 0 Å². The first-order chi connectivity index (χ1) is 15.4. The number of sulfone groups is 1. The van der Waals surface area contributed by atoms with Crippen LogP contribution in [0.25, 0.3) is 11.1 Å². The number of aliphatic hydroxyl groups excluding tert-OH is 1. The van der Waals surface area contributed by atoms with Crippen molar-refractivity contribution in [2.45, 2.75) is 38.4 Å². The van der Waals surface area contributed by atoms with E-state index >= 15 is 0 Å². The Bertz CT molecular complexity index is 957. The minimum absolute atomic E-state index is 0.0371. The number of nitrogens with one attached hydrogen (secondary N) is 1. The second-order valence-corrected chi connectivity index (χ2v) is 9.64. The van der Waals surface area contributed by atoms with E-state index in [4.69, 9.17) is 14.6 Å². The van der Waals surface area contributed by atoms with E-state index in [1.54, 1.807) is 19.2 Å². The standard InChI is InChI=1S/C24H33NO6S/c1-3-4-5-6-15-31-23-16-21(11-12-22(23)30-2)20-9-7-19(8-10-20)17-32(28,29)18-24(27)25-13-14-26/h7-12,16,26H,3-6,13-15,17-18H2,1-2H3,(H,25,27). The first-order valence-electron chi connectivity index (χ1n) is 10.9. The molecule has 2 N–H and O–H groups in total. The van der Waals surface area contributed by atoms with E-state index < -0.39 is 21.5 Å². The molecule has 0 atom stereocenters. The highest BCUT2D eigenvalue weighted by Gasteiger charge is 2.17. The summed E-state index contributed by atoms with van der Waals surface area (Å²) in [6.07, 6.45) is 4.48. The molecule has 0 heterocycles. The van der Waals surface area contributed by atoms with Crippen LogP contribution in [-0.2, 0) is 20.4 Å². The van der Waals surface area contributed by atoms with Gasteiger partial charge in [0, 0.05) is 6.54 Å². The van der Waals surface area contributed by atoms with E-state index in [0.29, 0.717) is 23.7 Å².